The molecule has 0 spiro atoms. The lowest BCUT2D eigenvalue weighted by Crippen LogP contribution is -1.89. The van der Waals surface area contributed by atoms with Crippen molar-refractivity contribution in [2.24, 2.45) is 0 Å². The molecule has 0 aliphatic heterocycles. The minimum atomic E-state index is 0.413. The molecule has 1 aromatic heterocycles. The molecule has 4 heteroatoms. The summed E-state index contributed by atoms with van der Waals surface area (Å²) in [5.74, 6) is 1.12. The molecule has 1 heterocycles. The topological polar surface area (TPSA) is 52.0 Å². The molecule has 2 N–H and O–H groups in total. The molecular weight excluding hydrogens is 328 g/mol. The number of anilines is 1. The van der Waals surface area contributed by atoms with Crippen molar-refractivity contribution in [1.82, 2.24) is 5.16 Å². The Balaban J connectivity index is 2.19. The molecule has 0 fully saturated rings. The molecule has 3 nitrogen and oxygen atoms in total. The van der Waals surface area contributed by atoms with Gasteiger partial charge in [0.25, 0.3) is 0 Å². The Labute approximate surface area is 131 Å². The van der Waals surface area contributed by atoms with Crippen LogP contribution >= 0.6 is 15.9 Å². The van der Waals surface area contributed by atoms with Crippen LogP contribution in [0.2, 0.25) is 0 Å². The Hall–Kier alpha value is -2.07. The van der Waals surface area contributed by atoms with E-state index in [2.05, 4.69) is 46.2 Å². The maximum Gasteiger partial charge on any atom is 0.176 e. The maximum atomic E-state index is 6.01. The van der Waals surface area contributed by atoms with Crippen LogP contribution < -0.4 is 5.73 Å². The van der Waals surface area contributed by atoms with E-state index in [0.717, 1.165) is 26.7 Å². The molecule has 0 aliphatic rings. The van der Waals surface area contributed by atoms with Gasteiger partial charge in [-0.2, -0.15) is 0 Å². The second kappa shape index (κ2) is 5.37. The van der Waals surface area contributed by atoms with Gasteiger partial charge in [0.1, 0.15) is 0 Å². The predicted molar refractivity (Wildman–Crippen MR) is 89.0 cm³/mol. The van der Waals surface area contributed by atoms with Crippen LogP contribution in [0.15, 0.2) is 51.5 Å². The van der Waals surface area contributed by atoms with E-state index in [0.29, 0.717) is 11.6 Å². The molecule has 0 atom stereocenters. The third kappa shape index (κ3) is 2.59. The Morgan fingerprint density at radius 3 is 2.57 bits per heavy atom. The van der Waals surface area contributed by atoms with Crippen LogP contribution in [0.25, 0.3) is 22.5 Å². The highest BCUT2D eigenvalue weighted by molar-refractivity contribution is 9.10. The van der Waals surface area contributed by atoms with Crippen LogP contribution in [0, 0.1) is 13.8 Å². The number of aromatic nitrogens is 1. The molecule has 0 bridgehead atoms. The molecule has 3 rings (SSSR count). The summed E-state index contributed by atoms with van der Waals surface area (Å²) in [6.45, 7) is 4.09. The molecule has 0 saturated heterocycles. The second-order valence-electron chi connectivity index (χ2n) is 5.11. The monoisotopic (exact) mass is 342 g/mol. The standard InChI is InChI=1S/C17H15BrN2O/c1-10-4-3-5-12(8-10)15-16(21-20-17(15)19)13-6-7-14(18)11(2)9-13/h3-9H,1-2H3,(H2,19,20). The third-order valence-electron chi connectivity index (χ3n) is 3.45. The maximum absolute atomic E-state index is 6.01. The molecule has 2 aromatic carbocycles. The normalized spacial score (nSPS) is 10.8. The fourth-order valence-electron chi connectivity index (χ4n) is 2.36. The van der Waals surface area contributed by atoms with Crippen molar-refractivity contribution in [1.29, 1.82) is 0 Å². The molecule has 106 valence electrons. The number of hydrogen-bond acceptors (Lipinski definition) is 3. The molecule has 0 unspecified atom stereocenters. The van der Waals surface area contributed by atoms with Gasteiger partial charge in [0.2, 0.25) is 0 Å². The minimum absolute atomic E-state index is 0.413. The number of rotatable bonds is 2. The van der Waals surface area contributed by atoms with Crippen molar-refractivity contribution >= 4 is 21.7 Å². The van der Waals surface area contributed by atoms with Gasteiger partial charge in [0.05, 0.1) is 5.56 Å². The highest BCUT2D eigenvalue weighted by Gasteiger charge is 2.18. The minimum Gasteiger partial charge on any atom is -0.380 e. The lowest BCUT2D eigenvalue weighted by atomic mass is 9.99. The summed E-state index contributed by atoms with van der Waals surface area (Å²) >= 11 is 3.51. The number of nitrogens with two attached hydrogens (primary N) is 1. The van der Waals surface area contributed by atoms with E-state index in [1.54, 1.807) is 0 Å². The van der Waals surface area contributed by atoms with Gasteiger partial charge >= 0.3 is 0 Å². The zero-order valence-electron chi connectivity index (χ0n) is 11.9. The van der Waals surface area contributed by atoms with E-state index in [9.17, 15) is 0 Å². The smallest absolute Gasteiger partial charge is 0.176 e. The fraction of sp³-hybridized carbons (Fsp3) is 0.118. The van der Waals surface area contributed by atoms with Crippen molar-refractivity contribution in [3.8, 4) is 22.5 Å². The van der Waals surface area contributed by atoms with Crippen molar-refractivity contribution < 1.29 is 4.52 Å². The number of aryl methyl sites for hydroxylation is 2. The summed E-state index contributed by atoms with van der Waals surface area (Å²) in [6.07, 6.45) is 0. The van der Waals surface area contributed by atoms with E-state index in [-0.39, 0.29) is 0 Å². The van der Waals surface area contributed by atoms with E-state index in [1.165, 1.54) is 5.56 Å². The highest BCUT2D eigenvalue weighted by Crippen LogP contribution is 2.37. The van der Waals surface area contributed by atoms with Gasteiger partial charge in [-0.1, -0.05) is 50.9 Å². The zero-order chi connectivity index (χ0) is 15.0. The van der Waals surface area contributed by atoms with Gasteiger partial charge in [-0.25, -0.2) is 0 Å². The molecule has 3 aromatic rings. The van der Waals surface area contributed by atoms with E-state index >= 15 is 0 Å². The summed E-state index contributed by atoms with van der Waals surface area (Å²) in [6, 6.07) is 14.2. The van der Waals surface area contributed by atoms with Gasteiger partial charge in [0, 0.05) is 10.0 Å². The van der Waals surface area contributed by atoms with Gasteiger partial charge < -0.3 is 10.3 Å². The fourth-order valence-corrected chi connectivity index (χ4v) is 2.61. The molecule has 0 amide bonds. The second-order valence-corrected chi connectivity index (χ2v) is 5.96. The van der Waals surface area contributed by atoms with Gasteiger partial charge in [-0.15, -0.1) is 0 Å². The Morgan fingerprint density at radius 1 is 1.05 bits per heavy atom. The first-order valence-corrected chi connectivity index (χ1v) is 7.44. The van der Waals surface area contributed by atoms with Crippen LogP contribution in [0.1, 0.15) is 11.1 Å². The summed E-state index contributed by atoms with van der Waals surface area (Å²) < 4.78 is 6.55. The average Bonchev–Trinajstić information content (AvgIpc) is 2.84. The van der Waals surface area contributed by atoms with E-state index < -0.39 is 0 Å². The number of nitrogen functional groups attached to an aromatic ring is 1. The molecule has 0 radical (unpaired) electrons. The van der Waals surface area contributed by atoms with Crippen molar-refractivity contribution in [2.45, 2.75) is 13.8 Å². The van der Waals surface area contributed by atoms with Crippen LogP contribution in [0.4, 0.5) is 5.82 Å². The summed E-state index contributed by atoms with van der Waals surface area (Å²) in [5, 5.41) is 3.94. The van der Waals surface area contributed by atoms with Crippen LogP contribution in [0.5, 0.6) is 0 Å². The first-order valence-electron chi connectivity index (χ1n) is 6.65. The number of halogens is 1. The third-order valence-corrected chi connectivity index (χ3v) is 4.34. The average molecular weight is 343 g/mol. The van der Waals surface area contributed by atoms with E-state index in [4.69, 9.17) is 10.3 Å². The summed E-state index contributed by atoms with van der Waals surface area (Å²) in [5.41, 5.74) is 11.2. The largest absolute Gasteiger partial charge is 0.380 e. The van der Waals surface area contributed by atoms with E-state index in [1.807, 2.05) is 31.2 Å². The lowest BCUT2D eigenvalue weighted by Gasteiger charge is -2.05. The van der Waals surface area contributed by atoms with Crippen molar-refractivity contribution in [3.05, 3.63) is 58.1 Å². The Bertz CT molecular complexity index is 808. The van der Waals surface area contributed by atoms with Crippen molar-refractivity contribution in [2.75, 3.05) is 5.73 Å². The first-order chi connectivity index (χ1) is 10.1. The zero-order valence-corrected chi connectivity index (χ0v) is 13.4. The molecule has 21 heavy (non-hydrogen) atoms. The predicted octanol–water partition coefficient (Wildman–Crippen LogP) is 4.97. The lowest BCUT2D eigenvalue weighted by molar-refractivity contribution is 0.436. The Kier molecular flexibility index (Phi) is 3.55. The first kappa shape index (κ1) is 13.9. The highest BCUT2D eigenvalue weighted by atomic mass is 79.9. The SMILES string of the molecule is Cc1cccc(-c2c(N)noc2-c2ccc(Br)c(C)c2)c1. The van der Waals surface area contributed by atoms with Gasteiger partial charge in [-0.05, 0) is 43.2 Å². The van der Waals surface area contributed by atoms with Crippen LogP contribution in [0.3, 0.4) is 0 Å². The quantitative estimate of drug-likeness (QED) is 0.715. The molecule has 0 saturated carbocycles. The van der Waals surface area contributed by atoms with Crippen LogP contribution in [-0.4, -0.2) is 5.16 Å². The molecular formula is C17H15BrN2O. The summed E-state index contributed by atoms with van der Waals surface area (Å²) in [4.78, 5) is 0. The summed E-state index contributed by atoms with van der Waals surface area (Å²) in [7, 11) is 0. The van der Waals surface area contributed by atoms with Crippen molar-refractivity contribution in [3.63, 3.8) is 0 Å². The number of hydrogen-bond donors (Lipinski definition) is 1. The van der Waals surface area contributed by atoms with Gasteiger partial charge in [-0.3, -0.25) is 0 Å². The number of benzene rings is 2. The molecule has 0 aliphatic carbocycles. The van der Waals surface area contributed by atoms with Crippen LogP contribution in [-0.2, 0) is 0 Å². The van der Waals surface area contributed by atoms with Gasteiger partial charge in [0.15, 0.2) is 11.6 Å². The number of nitrogens with zero attached hydrogens (tertiary/aromatic N) is 1. The Morgan fingerprint density at radius 2 is 1.86 bits per heavy atom.